The predicted molar refractivity (Wildman–Crippen MR) is 188 cm³/mol. The minimum absolute atomic E-state index is 0.0148. The monoisotopic (exact) mass is 699 g/mol. The van der Waals surface area contributed by atoms with E-state index in [0.29, 0.717) is 54.7 Å². The van der Waals surface area contributed by atoms with Gasteiger partial charge in [0.25, 0.3) is 11.6 Å². The van der Waals surface area contributed by atoms with Crippen molar-refractivity contribution in [2.45, 2.75) is 52.3 Å². The molecule has 14 heteroatoms. The normalized spacial score (nSPS) is 14.2. The number of nitro benzene ring substituents is 1. The summed E-state index contributed by atoms with van der Waals surface area (Å²) < 4.78 is 7.13. The number of aryl methyl sites for hydroxylation is 2. The molecule has 0 spiro atoms. The molecule has 1 aromatic heterocycles. The number of nitro groups is 1. The number of ether oxygens (including phenoxy) is 1. The zero-order valence-electron chi connectivity index (χ0n) is 27.9. The minimum atomic E-state index is -0.474. The van der Waals surface area contributed by atoms with Gasteiger partial charge in [-0.3, -0.25) is 24.4 Å². The zero-order chi connectivity index (χ0) is 35.4. The van der Waals surface area contributed by atoms with E-state index in [4.69, 9.17) is 16.3 Å². The number of amides is 3. The third kappa shape index (κ3) is 7.89. The fraction of sp³-hybridized carbons (Fsp3) is 0.333. The van der Waals surface area contributed by atoms with Gasteiger partial charge in [0, 0.05) is 61.4 Å². The number of fused-ring (bicyclic) bond motifs is 2. The van der Waals surface area contributed by atoms with Crippen molar-refractivity contribution in [3.8, 4) is 0 Å². The number of halogens is 1. The Hall–Kier alpha value is -5.43. The largest absolute Gasteiger partial charge is 0.445 e. The Morgan fingerprint density at radius 1 is 1.06 bits per heavy atom. The van der Waals surface area contributed by atoms with Crippen LogP contribution in [-0.2, 0) is 36.3 Å². The second-order valence-electron chi connectivity index (χ2n) is 12.7. The van der Waals surface area contributed by atoms with Crippen LogP contribution in [0.1, 0.15) is 58.3 Å². The van der Waals surface area contributed by atoms with Crippen LogP contribution in [0.3, 0.4) is 0 Å². The summed E-state index contributed by atoms with van der Waals surface area (Å²) in [5, 5.41) is 22.1. The summed E-state index contributed by atoms with van der Waals surface area (Å²) in [7, 11) is 1.84. The molecule has 3 aromatic carbocycles. The maximum atomic E-state index is 13.9. The quantitative estimate of drug-likeness (QED) is 0.146. The van der Waals surface area contributed by atoms with Crippen LogP contribution in [0.5, 0.6) is 0 Å². The highest BCUT2D eigenvalue weighted by Gasteiger charge is 2.28. The summed E-state index contributed by atoms with van der Waals surface area (Å²) in [4.78, 5) is 52.9. The van der Waals surface area contributed by atoms with Gasteiger partial charge in [-0.1, -0.05) is 23.7 Å². The van der Waals surface area contributed by atoms with Gasteiger partial charge in [0.2, 0.25) is 5.91 Å². The second-order valence-corrected chi connectivity index (χ2v) is 13.1. The number of carbonyl (C=O) groups is 3. The fourth-order valence-corrected chi connectivity index (χ4v) is 6.54. The van der Waals surface area contributed by atoms with Gasteiger partial charge in [-0.2, -0.15) is 5.10 Å². The first-order chi connectivity index (χ1) is 24.0. The van der Waals surface area contributed by atoms with Gasteiger partial charge in [0.1, 0.15) is 12.4 Å². The van der Waals surface area contributed by atoms with E-state index in [1.165, 1.54) is 12.1 Å². The molecule has 0 aliphatic carbocycles. The van der Waals surface area contributed by atoms with Crippen molar-refractivity contribution in [2.75, 3.05) is 23.3 Å². The smallest absolute Gasteiger partial charge is 0.410 e. The van der Waals surface area contributed by atoms with E-state index >= 15 is 0 Å². The second kappa shape index (κ2) is 15.0. The topological polar surface area (TPSA) is 152 Å². The zero-order valence-corrected chi connectivity index (χ0v) is 28.6. The Labute approximate surface area is 294 Å². The maximum Gasteiger partial charge on any atom is 0.410 e. The summed E-state index contributed by atoms with van der Waals surface area (Å²) in [5.41, 5.74) is 5.25. The number of benzene rings is 3. The summed E-state index contributed by atoms with van der Waals surface area (Å²) in [6, 6.07) is 16.9. The number of aromatic nitrogens is 2. The van der Waals surface area contributed by atoms with E-state index in [1.54, 1.807) is 44.9 Å². The molecule has 0 saturated carbocycles. The molecule has 0 radical (unpaired) electrons. The molecule has 3 heterocycles. The molecule has 1 fully saturated rings. The third-order valence-electron chi connectivity index (χ3n) is 9.26. The molecule has 1 saturated heterocycles. The molecule has 6 rings (SSSR count). The lowest BCUT2D eigenvalue weighted by Gasteiger charge is -2.31. The van der Waals surface area contributed by atoms with Crippen molar-refractivity contribution in [1.29, 1.82) is 0 Å². The van der Waals surface area contributed by atoms with Crippen molar-refractivity contribution in [2.24, 2.45) is 13.0 Å². The lowest BCUT2D eigenvalue weighted by molar-refractivity contribution is -0.384. The number of hydrogen-bond acceptors (Lipinski definition) is 8. The number of hydrogen-bond donors (Lipinski definition) is 2. The summed E-state index contributed by atoms with van der Waals surface area (Å²) in [5.74, 6) is 0.928. The average Bonchev–Trinajstić information content (AvgIpc) is 3.36. The Balaban J connectivity index is 0.960. The van der Waals surface area contributed by atoms with Gasteiger partial charge in [0.05, 0.1) is 29.0 Å². The van der Waals surface area contributed by atoms with Crippen molar-refractivity contribution >= 4 is 52.4 Å². The van der Waals surface area contributed by atoms with E-state index in [2.05, 4.69) is 15.7 Å². The first kappa shape index (κ1) is 34.4. The van der Waals surface area contributed by atoms with Crippen LogP contribution < -0.4 is 15.5 Å². The SMILES string of the molecule is Cc1cc(CNC(=O)CCC2CCN(C(=O)OCc3ccc([N+](=O)[O-])cc3)CC2)ccc1C(=O)N1Cc2cnn(C)c2Nc2cc(Cl)ccc21. The first-order valence-corrected chi connectivity index (χ1v) is 16.8. The van der Waals surface area contributed by atoms with Crippen LogP contribution in [0.4, 0.5) is 27.7 Å². The van der Waals surface area contributed by atoms with Crippen LogP contribution in [0.2, 0.25) is 5.02 Å². The van der Waals surface area contributed by atoms with Gasteiger partial charge in [-0.25, -0.2) is 4.79 Å². The van der Waals surface area contributed by atoms with Gasteiger partial charge in [0.15, 0.2) is 0 Å². The molecule has 4 aromatic rings. The molecule has 2 aliphatic rings. The molecule has 2 aliphatic heterocycles. The van der Waals surface area contributed by atoms with Crippen LogP contribution in [0, 0.1) is 23.0 Å². The molecule has 260 valence electrons. The summed E-state index contributed by atoms with van der Waals surface area (Å²) in [6.07, 6.45) is 4.00. The number of likely N-dealkylation sites (tertiary alicyclic amines) is 1. The number of carbonyl (C=O) groups excluding carboxylic acids is 3. The standard InChI is InChI=1S/C36H38ClN7O6/c1-23-17-26(5-10-30(23)35(46)43-21-27-20-39-41(2)34(27)40-31-18-28(37)7-11-32(31)43)19-38-33(45)12-6-24-13-15-42(16-14-24)36(47)50-22-25-3-8-29(9-4-25)44(48)49/h3-5,7-11,17-18,20,24,40H,6,12-16,19,21-22H2,1-2H3,(H,38,45). The van der Waals surface area contributed by atoms with Crippen molar-refractivity contribution in [3.05, 3.63) is 110 Å². The Bertz CT molecular complexity index is 1920. The molecule has 3 amide bonds. The number of nitrogens with zero attached hydrogens (tertiary/aromatic N) is 5. The Morgan fingerprint density at radius 3 is 2.52 bits per heavy atom. The fourth-order valence-electron chi connectivity index (χ4n) is 6.37. The molecular weight excluding hydrogens is 662 g/mol. The molecular formula is C36H38ClN7O6. The lowest BCUT2D eigenvalue weighted by Crippen LogP contribution is -2.39. The maximum absolute atomic E-state index is 13.9. The number of non-ortho nitro benzene ring substituents is 1. The number of piperidine rings is 1. The van der Waals surface area contributed by atoms with Crippen LogP contribution in [0.25, 0.3) is 0 Å². The summed E-state index contributed by atoms with van der Waals surface area (Å²) >= 11 is 6.29. The molecule has 0 bridgehead atoms. The van der Waals surface area contributed by atoms with Gasteiger partial charge in [-0.05, 0) is 85.2 Å². The van der Waals surface area contributed by atoms with Crippen molar-refractivity contribution in [1.82, 2.24) is 20.0 Å². The Morgan fingerprint density at radius 2 is 1.80 bits per heavy atom. The number of nitrogens with one attached hydrogen (secondary N) is 2. The van der Waals surface area contributed by atoms with E-state index in [0.717, 1.165) is 53.1 Å². The highest BCUT2D eigenvalue weighted by Crippen LogP contribution is 2.38. The van der Waals surface area contributed by atoms with Gasteiger partial charge < -0.3 is 25.2 Å². The molecule has 2 N–H and O–H groups in total. The van der Waals surface area contributed by atoms with E-state index in [1.807, 2.05) is 38.2 Å². The van der Waals surface area contributed by atoms with Crippen LogP contribution in [0.15, 0.2) is 66.9 Å². The highest BCUT2D eigenvalue weighted by molar-refractivity contribution is 6.31. The molecule has 13 nitrogen and oxygen atoms in total. The molecule has 0 atom stereocenters. The lowest BCUT2D eigenvalue weighted by atomic mass is 9.92. The predicted octanol–water partition coefficient (Wildman–Crippen LogP) is 6.64. The number of rotatable bonds is 9. The average molecular weight is 700 g/mol. The van der Waals surface area contributed by atoms with Gasteiger partial charge >= 0.3 is 6.09 Å². The van der Waals surface area contributed by atoms with Crippen LogP contribution >= 0.6 is 11.6 Å². The van der Waals surface area contributed by atoms with E-state index in [9.17, 15) is 24.5 Å². The van der Waals surface area contributed by atoms with Crippen LogP contribution in [-0.4, -0.2) is 50.6 Å². The van der Waals surface area contributed by atoms with Crippen molar-refractivity contribution in [3.63, 3.8) is 0 Å². The molecule has 50 heavy (non-hydrogen) atoms. The minimum Gasteiger partial charge on any atom is -0.445 e. The highest BCUT2D eigenvalue weighted by atomic mass is 35.5. The van der Waals surface area contributed by atoms with Gasteiger partial charge in [-0.15, -0.1) is 0 Å². The van der Waals surface area contributed by atoms with E-state index < -0.39 is 11.0 Å². The number of anilines is 3. The van der Waals surface area contributed by atoms with Crippen molar-refractivity contribution < 1.29 is 24.0 Å². The first-order valence-electron chi connectivity index (χ1n) is 16.5. The summed E-state index contributed by atoms with van der Waals surface area (Å²) in [6.45, 7) is 3.72. The third-order valence-corrected chi connectivity index (χ3v) is 9.50. The molecule has 0 unspecified atom stereocenters. The van der Waals surface area contributed by atoms with E-state index in [-0.39, 0.29) is 24.1 Å². The Kier molecular flexibility index (Phi) is 10.3.